The van der Waals surface area contributed by atoms with Gasteiger partial charge >= 0.3 is 5.97 Å². The van der Waals surface area contributed by atoms with Crippen molar-refractivity contribution >= 4 is 39.2 Å². The molecule has 0 spiro atoms. The number of halogens is 2. The predicted molar refractivity (Wildman–Crippen MR) is 118 cm³/mol. The molecule has 2 aromatic carbocycles. The molecule has 1 saturated heterocycles. The lowest BCUT2D eigenvalue weighted by molar-refractivity contribution is 0.0429. The quantitative estimate of drug-likeness (QED) is 0.461. The molecule has 32 heavy (non-hydrogen) atoms. The van der Waals surface area contributed by atoms with Crippen molar-refractivity contribution in [1.82, 2.24) is 14.4 Å². The number of rotatable bonds is 6. The summed E-state index contributed by atoms with van der Waals surface area (Å²) in [4.78, 5) is 16.8. The molecule has 0 bridgehead atoms. The monoisotopic (exact) mass is 495 g/mol. The minimum Gasteiger partial charge on any atom is -0.452 e. The highest BCUT2D eigenvalue weighted by atomic mass is 35.5. The van der Waals surface area contributed by atoms with E-state index in [1.54, 1.807) is 24.3 Å². The van der Waals surface area contributed by atoms with Gasteiger partial charge in [-0.15, -0.1) is 0 Å². The van der Waals surface area contributed by atoms with E-state index in [1.807, 2.05) is 0 Å². The molecule has 1 fully saturated rings. The van der Waals surface area contributed by atoms with Gasteiger partial charge in [0.15, 0.2) is 6.61 Å². The molecule has 0 atom stereocenters. The van der Waals surface area contributed by atoms with Crippen LogP contribution in [0.4, 0.5) is 0 Å². The number of hydrogen-bond acceptors (Lipinski definition) is 7. The summed E-state index contributed by atoms with van der Waals surface area (Å²) in [5.74, 6) is -0.487. The highest BCUT2D eigenvalue weighted by Crippen LogP contribution is 2.27. The van der Waals surface area contributed by atoms with E-state index in [0.717, 1.165) is 19.3 Å². The van der Waals surface area contributed by atoms with Gasteiger partial charge in [0.2, 0.25) is 15.8 Å². The number of hydrogen-bond donors (Lipinski definition) is 0. The summed E-state index contributed by atoms with van der Waals surface area (Å²) < 4.78 is 37.6. The van der Waals surface area contributed by atoms with E-state index in [2.05, 4.69) is 10.1 Å². The zero-order valence-electron chi connectivity index (χ0n) is 16.8. The number of esters is 1. The summed E-state index contributed by atoms with van der Waals surface area (Å²) >= 11 is 12.3. The van der Waals surface area contributed by atoms with Gasteiger partial charge in [-0.3, -0.25) is 0 Å². The van der Waals surface area contributed by atoms with E-state index >= 15 is 0 Å². The minimum atomic E-state index is -3.72. The molecular weight excluding hydrogens is 477 g/mol. The van der Waals surface area contributed by atoms with Crippen molar-refractivity contribution in [2.45, 2.75) is 30.8 Å². The first-order chi connectivity index (χ1) is 15.4. The second-order valence-corrected chi connectivity index (χ2v) is 9.93. The van der Waals surface area contributed by atoms with Crippen LogP contribution < -0.4 is 0 Å². The van der Waals surface area contributed by atoms with E-state index in [0.29, 0.717) is 23.7 Å². The maximum absolute atomic E-state index is 12.9. The van der Waals surface area contributed by atoms with Crippen molar-refractivity contribution in [3.05, 3.63) is 64.0 Å². The van der Waals surface area contributed by atoms with Gasteiger partial charge in [-0.1, -0.05) is 46.9 Å². The van der Waals surface area contributed by atoms with Crippen molar-refractivity contribution in [2.24, 2.45) is 0 Å². The van der Waals surface area contributed by atoms with E-state index < -0.39 is 16.0 Å². The third kappa shape index (κ3) is 4.80. The normalized spacial score (nSPS) is 14.9. The Hall–Kier alpha value is -2.46. The zero-order chi connectivity index (χ0) is 22.7. The Kier molecular flexibility index (Phi) is 6.80. The molecule has 0 amide bonds. The lowest BCUT2D eigenvalue weighted by atomic mass is 10.2. The van der Waals surface area contributed by atoms with Crippen molar-refractivity contribution in [1.29, 1.82) is 0 Å². The third-order valence-corrected chi connectivity index (χ3v) is 7.57. The first-order valence-electron chi connectivity index (χ1n) is 9.90. The van der Waals surface area contributed by atoms with Gasteiger partial charge < -0.3 is 9.26 Å². The van der Waals surface area contributed by atoms with Gasteiger partial charge in [0.25, 0.3) is 5.89 Å². The Morgan fingerprint density at radius 1 is 1.06 bits per heavy atom. The number of carbonyl (C=O) groups excluding carboxylic acids is 1. The molecule has 1 aromatic heterocycles. The molecule has 168 valence electrons. The molecule has 0 N–H and O–H groups in total. The Morgan fingerprint density at radius 3 is 2.56 bits per heavy atom. The largest absolute Gasteiger partial charge is 0.452 e. The van der Waals surface area contributed by atoms with Crippen LogP contribution in [0.2, 0.25) is 10.0 Å². The van der Waals surface area contributed by atoms with Gasteiger partial charge in [-0.25, -0.2) is 13.2 Å². The Bertz CT molecular complexity index is 1240. The Morgan fingerprint density at radius 2 is 1.81 bits per heavy atom. The molecule has 1 aliphatic heterocycles. The average molecular weight is 496 g/mol. The first-order valence-corrected chi connectivity index (χ1v) is 12.1. The Balaban J connectivity index is 1.48. The molecule has 1 aliphatic rings. The van der Waals surface area contributed by atoms with Crippen LogP contribution in [0, 0.1) is 0 Å². The lowest BCUT2D eigenvalue weighted by Crippen LogP contribution is -2.35. The summed E-state index contributed by atoms with van der Waals surface area (Å²) in [6.07, 6.45) is 2.61. The van der Waals surface area contributed by atoms with Crippen molar-refractivity contribution in [2.75, 3.05) is 13.1 Å². The van der Waals surface area contributed by atoms with Crippen LogP contribution in [0.15, 0.2) is 51.9 Å². The van der Waals surface area contributed by atoms with Crippen LogP contribution in [-0.2, 0) is 21.4 Å². The number of benzene rings is 2. The van der Waals surface area contributed by atoms with Crippen molar-refractivity contribution < 1.29 is 22.5 Å². The molecular formula is C21H19Cl2N3O5S. The van der Waals surface area contributed by atoms with Crippen molar-refractivity contribution in [3.63, 3.8) is 0 Å². The SMILES string of the molecule is O=C(OCc1nc(-c2ccccc2Cl)no1)c1cc(S(=O)(=O)N2CCCCC2)ccc1Cl. The number of ether oxygens (including phenoxy) is 1. The maximum atomic E-state index is 12.9. The Labute approximate surface area is 195 Å². The van der Waals surface area contributed by atoms with E-state index in [4.69, 9.17) is 32.5 Å². The van der Waals surface area contributed by atoms with Crippen LogP contribution in [0.3, 0.4) is 0 Å². The minimum absolute atomic E-state index is 0.00505. The molecule has 8 nitrogen and oxygen atoms in total. The molecule has 3 aromatic rings. The first kappa shape index (κ1) is 22.7. The highest BCUT2D eigenvalue weighted by Gasteiger charge is 2.27. The molecule has 2 heterocycles. The molecule has 0 unspecified atom stereocenters. The van der Waals surface area contributed by atoms with Gasteiger partial charge in [0.05, 0.1) is 20.5 Å². The summed E-state index contributed by atoms with van der Waals surface area (Å²) in [7, 11) is -3.72. The number of nitrogens with zero attached hydrogens (tertiary/aromatic N) is 3. The summed E-state index contributed by atoms with van der Waals surface area (Å²) in [5, 5.41) is 4.37. The summed E-state index contributed by atoms with van der Waals surface area (Å²) in [5.41, 5.74) is 0.518. The van der Waals surface area contributed by atoms with Crippen LogP contribution in [-0.4, -0.2) is 41.9 Å². The molecule has 0 saturated carbocycles. The number of sulfonamides is 1. The fourth-order valence-corrected chi connectivity index (χ4v) is 5.30. The molecule has 11 heteroatoms. The van der Waals surface area contributed by atoms with Gasteiger partial charge in [0, 0.05) is 18.7 Å². The van der Waals surface area contributed by atoms with Crippen LogP contribution in [0.25, 0.3) is 11.4 Å². The molecule has 4 rings (SSSR count). The predicted octanol–water partition coefficient (Wildman–Crippen LogP) is 4.58. The van der Waals surface area contributed by atoms with Gasteiger partial charge in [-0.05, 0) is 43.2 Å². The topological polar surface area (TPSA) is 103 Å². The summed E-state index contributed by atoms with van der Waals surface area (Å²) in [6, 6.07) is 11.0. The van der Waals surface area contributed by atoms with Crippen LogP contribution in [0.5, 0.6) is 0 Å². The standard InChI is InChI=1S/C21H19Cl2N3O5S/c22-17-7-3-2-6-15(17)20-24-19(31-25-20)13-30-21(27)16-12-14(8-9-18(16)23)32(28,29)26-10-4-1-5-11-26/h2-3,6-9,12H,1,4-5,10-11,13H2. The smallest absolute Gasteiger partial charge is 0.340 e. The van der Waals surface area contributed by atoms with E-state index in [-0.39, 0.29) is 33.8 Å². The summed E-state index contributed by atoms with van der Waals surface area (Å²) in [6.45, 7) is 0.598. The van der Waals surface area contributed by atoms with Gasteiger partial charge in [-0.2, -0.15) is 9.29 Å². The third-order valence-electron chi connectivity index (χ3n) is 5.02. The number of piperidine rings is 1. The molecule has 0 radical (unpaired) electrons. The number of carbonyl (C=O) groups is 1. The maximum Gasteiger partial charge on any atom is 0.340 e. The van der Waals surface area contributed by atoms with Crippen molar-refractivity contribution in [3.8, 4) is 11.4 Å². The highest BCUT2D eigenvalue weighted by molar-refractivity contribution is 7.89. The average Bonchev–Trinajstić information content (AvgIpc) is 3.27. The fraction of sp³-hybridized carbons (Fsp3) is 0.286. The van der Waals surface area contributed by atoms with E-state index in [9.17, 15) is 13.2 Å². The molecule has 0 aliphatic carbocycles. The lowest BCUT2D eigenvalue weighted by Gasteiger charge is -2.26. The van der Waals surface area contributed by atoms with E-state index in [1.165, 1.54) is 22.5 Å². The fourth-order valence-electron chi connectivity index (χ4n) is 3.35. The second kappa shape index (κ2) is 9.58. The van der Waals surface area contributed by atoms with Crippen LogP contribution >= 0.6 is 23.2 Å². The zero-order valence-corrected chi connectivity index (χ0v) is 19.2. The second-order valence-electron chi connectivity index (χ2n) is 7.17. The van der Waals surface area contributed by atoms with Crippen LogP contribution in [0.1, 0.15) is 35.5 Å². The van der Waals surface area contributed by atoms with Gasteiger partial charge in [0.1, 0.15) is 0 Å². The number of aromatic nitrogens is 2.